The van der Waals surface area contributed by atoms with E-state index in [9.17, 15) is 4.79 Å². The van der Waals surface area contributed by atoms with Crippen molar-refractivity contribution in [2.24, 2.45) is 0 Å². The number of nitrogens with one attached hydrogen (secondary N) is 2. The van der Waals surface area contributed by atoms with Gasteiger partial charge in [0.1, 0.15) is 0 Å². The summed E-state index contributed by atoms with van der Waals surface area (Å²) in [5.41, 5.74) is 1.63. The van der Waals surface area contributed by atoms with Crippen molar-refractivity contribution in [1.29, 1.82) is 0 Å². The highest BCUT2D eigenvalue weighted by molar-refractivity contribution is 6.68. The van der Waals surface area contributed by atoms with Gasteiger partial charge in [-0.15, -0.1) is 0 Å². The molecule has 1 rings (SSSR count). The molecular formula is C12H16Cl3N2O+. The van der Waals surface area contributed by atoms with Gasteiger partial charge in [-0.2, -0.15) is 0 Å². The molecule has 0 fully saturated rings. The molecule has 0 radical (unpaired) electrons. The van der Waals surface area contributed by atoms with Crippen LogP contribution in [0.3, 0.4) is 0 Å². The predicted octanol–water partition coefficient (Wildman–Crippen LogP) is 1.57. The Morgan fingerprint density at radius 2 is 1.72 bits per heavy atom. The Hall–Kier alpha value is -0.480. The van der Waals surface area contributed by atoms with E-state index in [4.69, 9.17) is 34.8 Å². The zero-order chi connectivity index (χ0) is 13.9. The van der Waals surface area contributed by atoms with Gasteiger partial charge in [0.05, 0.1) is 14.1 Å². The van der Waals surface area contributed by atoms with Gasteiger partial charge in [0, 0.05) is 5.56 Å². The molecule has 0 aliphatic heterocycles. The van der Waals surface area contributed by atoms with Crippen molar-refractivity contribution in [1.82, 2.24) is 5.32 Å². The standard InChI is InChI=1S/C12H15Cl3N2O/c1-8-4-6-9(7-5-8)10(18)16-11(17(2)3)12(13,14)15/h4-7,11H,1-3H3,(H,16,18)/p+1/t11-/m0/s1. The van der Waals surface area contributed by atoms with Gasteiger partial charge in [-0.25, -0.2) is 0 Å². The summed E-state index contributed by atoms with van der Waals surface area (Å²) >= 11 is 17.5. The number of alkyl halides is 3. The summed E-state index contributed by atoms with van der Waals surface area (Å²) in [4.78, 5) is 12.8. The fourth-order valence-corrected chi connectivity index (χ4v) is 2.29. The van der Waals surface area contributed by atoms with Crippen molar-refractivity contribution in [3.8, 4) is 0 Å². The van der Waals surface area contributed by atoms with Gasteiger partial charge in [0.2, 0.25) is 6.17 Å². The van der Waals surface area contributed by atoms with Crippen molar-refractivity contribution in [2.75, 3.05) is 14.1 Å². The third-order valence-electron chi connectivity index (χ3n) is 2.49. The molecule has 0 spiro atoms. The van der Waals surface area contributed by atoms with Crippen LogP contribution in [0.2, 0.25) is 0 Å². The Balaban J connectivity index is 2.82. The highest BCUT2D eigenvalue weighted by Crippen LogP contribution is 2.27. The second-order valence-electron chi connectivity index (χ2n) is 4.39. The van der Waals surface area contributed by atoms with Gasteiger partial charge in [0.25, 0.3) is 9.70 Å². The van der Waals surface area contributed by atoms with Crippen LogP contribution in [0, 0.1) is 6.92 Å². The quantitative estimate of drug-likeness (QED) is 0.645. The summed E-state index contributed by atoms with van der Waals surface area (Å²) in [5, 5.41) is 2.72. The third-order valence-corrected chi connectivity index (χ3v) is 3.15. The summed E-state index contributed by atoms with van der Waals surface area (Å²) in [7, 11) is 3.62. The van der Waals surface area contributed by atoms with Gasteiger partial charge < -0.3 is 4.90 Å². The van der Waals surface area contributed by atoms with Crippen molar-refractivity contribution < 1.29 is 9.69 Å². The second kappa shape index (κ2) is 6.11. The average molecular weight is 311 g/mol. The third kappa shape index (κ3) is 4.32. The van der Waals surface area contributed by atoms with Gasteiger partial charge in [0.15, 0.2) is 0 Å². The lowest BCUT2D eigenvalue weighted by Gasteiger charge is -2.27. The average Bonchev–Trinajstić information content (AvgIpc) is 2.24. The van der Waals surface area contributed by atoms with E-state index in [-0.39, 0.29) is 5.91 Å². The summed E-state index contributed by atoms with van der Waals surface area (Å²) in [5.74, 6) is -0.257. The lowest BCUT2D eigenvalue weighted by molar-refractivity contribution is -0.887. The maximum Gasteiger partial charge on any atom is 0.262 e. The molecule has 0 aromatic heterocycles. The van der Waals surface area contributed by atoms with E-state index in [2.05, 4.69) is 5.32 Å². The molecule has 0 saturated heterocycles. The largest absolute Gasteiger partial charge is 0.317 e. The van der Waals surface area contributed by atoms with Crippen LogP contribution >= 0.6 is 34.8 Å². The minimum absolute atomic E-state index is 0.257. The first-order chi connectivity index (χ1) is 8.21. The number of aryl methyl sites for hydroxylation is 1. The molecule has 0 aliphatic carbocycles. The van der Waals surface area contributed by atoms with Gasteiger partial charge in [-0.05, 0) is 19.1 Å². The first-order valence-electron chi connectivity index (χ1n) is 5.46. The molecule has 1 atom stereocenters. The van der Waals surface area contributed by atoms with E-state index in [0.29, 0.717) is 5.56 Å². The van der Waals surface area contributed by atoms with Crippen molar-refractivity contribution in [2.45, 2.75) is 16.9 Å². The second-order valence-corrected chi connectivity index (χ2v) is 6.76. The van der Waals surface area contributed by atoms with Crippen LogP contribution in [0.4, 0.5) is 0 Å². The minimum atomic E-state index is -1.56. The van der Waals surface area contributed by atoms with Crippen LogP contribution in [0.15, 0.2) is 24.3 Å². The number of rotatable bonds is 3. The number of quaternary nitrogens is 1. The summed E-state index contributed by atoms with van der Waals surface area (Å²) in [6.45, 7) is 1.95. The van der Waals surface area contributed by atoms with E-state index < -0.39 is 9.96 Å². The number of amides is 1. The molecule has 1 aromatic rings. The molecule has 0 heterocycles. The predicted molar refractivity (Wildman–Crippen MR) is 75.5 cm³/mol. The number of hydrogen-bond donors (Lipinski definition) is 2. The summed E-state index contributed by atoms with van der Waals surface area (Å²) < 4.78 is -1.56. The Kier molecular flexibility index (Phi) is 5.29. The lowest BCUT2D eigenvalue weighted by atomic mass is 10.1. The maximum atomic E-state index is 12.0. The van der Waals surface area contributed by atoms with Crippen LogP contribution in [0.1, 0.15) is 15.9 Å². The van der Waals surface area contributed by atoms with E-state index in [1.807, 2.05) is 33.2 Å². The number of benzene rings is 1. The zero-order valence-electron chi connectivity index (χ0n) is 10.4. The van der Waals surface area contributed by atoms with Gasteiger partial charge in [-0.1, -0.05) is 52.5 Å². The highest BCUT2D eigenvalue weighted by atomic mass is 35.6. The molecular weight excluding hydrogens is 295 g/mol. The number of halogens is 3. The molecule has 0 aliphatic rings. The SMILES string of the molecule is Cc1ccc(C(=O)N[C@@H]([NH+](C)C)C(Cl)(Cl)Cl)cc1. The Morgan fingerprint density at radius 3 is 2.11 bits per heavy atom. The van der Waals surface area contributed by atoms with Crippen LogP contribution in [0.25, 0.3) is 0 Å². The monoisotopic (exact) mass is 309 g/mol. The van der Waals surface area contributed by atoms with Crippen LogP contribution in [0.5, 0.6) is 0 Å². The Bertz CT molecular complexity index is 412. The van der Waals surface area contributed by atoms with Crippen molar-refractivity contribution >= 4 is 40.7 Å². The van der Waals surface area contributed by atoms with E-state index >= 15 is 0 Å². The topological polar surface area (TPSA) is 33.5 Å². The van der Waals surface area contributed by atoms with Crippen LogP contribution in [-0.2, 0) is 0 Å². The molecule has 18 heavy (non-hydrogen) atoms. The number of carbonyl (C=O) groups excluding carboxylic acids is 1. The van der Waals surface area contributed by atoms with Crippen molar-refractivity contribution in [3.63, 3.8) is 0 Å². The summed E-state index contributed by atoms with van der Waals surface area (Å²) in [6, 6.07) is 7.21. The fraction of sp³-hybridized carbons (Fsp3) is 0.417. The molecule has 1 aromatic carbocycles. The molecule has 6 heteroatoms. The molecule has 1 amide bonds. The first-order valence-corrected chi connectivity index (χ1v) is 6.59. The molecule has 100 valence electrons. The smallest absolute Gasteiger partial charge is 0.262 e. The fourth-order valence-electron chi connectivity index (χ4n) is 1.47. The van der Waals surface area contributed by atoms with E-state index in [0.717, 1.165) is 10.5 Å². The zero-order valence-corrected chi connectivity index (χ0v) is 12.7. The molecule has 3 nitrogen and oxygen atoms in total. The number of hydrogen-bond acceptors (Lipinski definition) is 1. The normalized spacial score (nSPS) is 13.5. The summed E-state index contributed by atoms with van der Waals surface area (Å²) in [6.07, 6.45) is -0.615. The first kappa shape index (κ1) is 15.6. The maximum absolute atomic E-state index is 12.0. The van der Waals surface area contributed by atoms with Crippen LogP contribution in [-0.4, -0.2) is 30.0 Å². The van der Waals surface area contributed by atoms with E-state index in [1.54, 1.807) is 12.1 Å². The highest BCUT2D eigenvalue weighted by Gasteiger charge is 2.39. The van der Waals surface area contributed by atoms with Crippen molar-refractivity contribution in [3.05, 3.63) is 35.4 Å². The molecule has 0 bridgehead atoms. The Labute approximate surface area is 122 Å². The molecule has 0 unspecified atom stereocenters. The van der Waals surface area contributed by atoms with Crippen LogP contribution < -0.4 is 10.2 Å². The number of carbonyl (C=O) groups is 1. The Morgan fingerprint density at radius 1 is 1.22 bits per heavy atom. The van der Waals surface area contributed by atoms with Gasteiger partial charge >= 0.3 is 0 Å². The van der Waals surface area contributed by atoms with E-state index in [1.165, 1.54) is 0 Å². The lowest BCUT2D eigenvalue weighted by Crippen LogP contribution is -3.14. The van der Waals surface area contributed by atoms with Gasteiger partial charge in [-0.3, -0.25) is 10.1 Å². The molecule has 0 saturated carbocycles. The minimum Gasteiger partial charge on any atom is -0.317 e. The molecule has 2 N–H and O–H groups in total.